The quantitative estimate of drug-likeness (QED) is 0.760. The highest BCUT2D eigenvalue weighted by Crippen LogP contribution is 2.26. The van der Waals surface area contributed by atoms with Crippen LogP contribution in [-0.2, 0) is 4.79 Å². The molecule has 132 valence electrons. The summed E-state index contributed by atoms with van der Waals surface area (Å²) in [6.45, 7) is 2.59. The number of anilines is 1. The molecule has 1 amide bonds. The molecule has 0 radical (unpaired) electrons. The molecule has 0 aromatic heterocycles. The molecular weight excluding hydrogens is 404 g/mol. The minimum absolute atomic E-state index is 0.0220. The zero-order valence-corrected chi connectivity index (χ0v) is 16.1. The molecule has 6 heteroatoms. The van der Waals surface area contributed by atoms with E-state index >= 15 is 0 Å². The van der Waals surface area contributed by atoms with Crippen LogP contribution in [-0.4, -0.2) is 32.1 Å². The molecule has 4 nitrogen and oxygen atoms in total. The average Bonchev–Trinajstić information content (AvgIpc) is 3.08. The number of para-hydroxylation sites is 1. The zero-order chi connectivity index (χ0) is 17.6. The van der Waals surface area contributed by atoms with Crippen LogP contribution >= 0.6 is 27.5 Å². The first kappa shape index (κ1) is 18.1. The number of hydrogen-bond acceptors (Lipinski definition) is 3. The number of amides is 1. The minimum atomic E-state index is -0.124. The van der Waals surface area contributed by atoms with Crippen molar-refractivity contribution in [1.82, 2.24) is 5.32 Å². The lowest BCUT2D eigenvalue weighted by Gasteiger charge is -2.19. The molecule has 0 spiro atoms. The van der Waals surface area contributed by atoms with Crippen LogP contribution in [0.4, 0.5) is 5.69 Å². The van der Waals surface area contributed by atoms with Gasteiger partial charge in [-0.15, -0.1) is 0 Å². The van der Waals surface area contributed by atoms with Gasteiger partial charge in [-0.25, -0.2) is 0 Å². The monoisotopic (exact) mass is 422 g/mol. The van der Waals surface area contributed by atoms with Crippen molar-refractivity contribution in [1.29, 1.82) is 0 Å². The normalized spacial score (nSPS) is 16.7. The minimum Gasteiger partial charge on any atom is -0.482 e. The summed E-state index contributed by atoms with van der Waals surface area (Å²) in [5, 5.41) is 3.46. The lowest BCUT2D eigenvalue weighted by molar-refractivity contribution is -0.123. The molecule has 1 aliphatic heterocycles. The van der Waals surface area contributed by atoms with Gasteiger partial charge < -0.3 is 15.0 Å². The number of hydrogen-bond donors (Lipinski definition) is 1. The fourth-order valence-electron chi connectivity index (χ4n) is 2.92. The van der Waals surface area contributed by atoms with E-state index in [1.165, 1.54) is 5.69 Å². The van der Waals surface area contributed by atoms with Gasteiger partial charge in [-0.1, -0.05) is 45.7 Å². The van der Waals surface area contributed by atoms with Crippen molar-refractivity contribution in [3.63, 3.8) is 0 Å². The number of benzene rings is 2. The molecule has 0 bridgehead atoms. The van der Waals surface area contributed by atoms with E-state index in [2.05, 4.69) is 38.3 Å². The van der Waals surface area contributed by atoms with Crippen molar-refractivity contribution in [2.75, 3.05) is 31.1 Å². The first-order chi connectivity index (χ1) is 12.1. The molecule has 3 rings (SSSR count). The summed E-state index contributed by atoms with van der Waals surface area (Å²) in [7, 11) is 0. The van der Waals surface area contributed by atoms with E-state index in [-0.39, 0.29) is 12.5 Å². The lowest BCUT2D eigenvalue weighted by Crippen LogP contribution is -2.34. The zero-order valence-electron chi connectivity index (χ0n) is 13.8. The molecule has 1 atom stereocenters. The standard InChI is InChI=1S/C19H20BrClN2O2/c20-15-4-3-5-16(10-15)23-9-8-14(12-23)11-22-19(24)13-25-18-7-2-1-6-17(18)21/h1-7,10,14H,8-9,11-13H2,(H,22,24). The van der Waals surface area contributed by atoms with Gasteiger partial charge in [0.1, 0.15) is 5.75 Å². The first-order valence-electron chi connectivity index (χ1n) is 8.26. The van der Waals surface area contributed by atoms with Gasteiger partial charge in [-0.2, -0.15) is 0 Å². The van der Waals surface area contributed by atoms with Crippen molar-refractivity contribution in [3.8, 4) is 5.75 Å². The Kier molecular flexibility index (Phi) is 6.21. The van der Waals surface area contributed by atoms with Crippen LogP contribution in [0.1, 0.15) is 6.42 Å². The molecule has 1 N–H and O–H groups in total. The number of halogens is 2. The number of nitrogens with zero attached hydrogens (tertiary/aromatic N) is 1. The summed E-state index contributed by atoms with van der Waals surface area (Å²) in [6, 6.07) is 15.4. The third-order valence-corrected chi connectivity index (χ3v) is 5.05. The van der Waals surface area contributed by atoms with E-state index in [0.717, 1.165) is 24.0 Å². The van der Waals surface area contributed by atoms with Crippen molar-refractivity contribution in [2.24, 2.45) is 5.92 Å². The van der Waals surface area contributed by atoms with E-state index in [1.807, 2.05) is 24.3 Å². The maximum absolute atomic E-state index is 12.0. The van der Waals surface area contributed by atoms with E-state index in [0.29, 0.717) is 23.2 Å². The Morgan fingerprint density at radius 2 is 2.12 bits per heavy atom. The molecule has 0 saturated carbocycles. The second-order valence-corrected chi connectivity index (χ2v) is 7.43. The molecule has 1 saturated heterocycles. The van der Waals surface area contributed by atoms with E-state index in [1.54, 1.807) is 12.1 Å². The Morgan fingerprint density at radius 3 is 2.92 bits per heavy atom. The number of rotatable bonds is 6. The predicted octanol–water partition coefficient (Wildman–Crippen LogP) is 4.12. The maximum atomic E-state index is 12.0. The van der Waals surface area contributed by atoms with Crippen molar-refractivity contribution in [2.45, 2.75) is 6.42 Å². The summed E-state index contributed by atoms with van der Waals surface area (Å²) in [4.78, 5) is 14.3. The van der Waals surface area contributed by atoms with Crippen molar-refractivity contribution in [3.05, 3.63) is 58.0 Å². The molecule has 25 heavy (non-hydrogen) atoms. The van der Waals surface area contributed by atoms with Gasteiger partial charge in [0, 0.05) is 29.8 Å². The second-order valence-electron chi connectivity index (χ2n) is 6.10. The summed E-state index contributed by atoms with van der Waals surface area (Å²) < 4.78 is 6.54. The summed E-state index contributed by atoms with van der Waals surface area (Å²) in [5.41, 5.74) is 1.21. The average molecular weight is 424 g/mol. The smallest absolute Gasteiger partial charge is 0.257 e. The van der Waals surface area contributed by atoms with Crippen LogP contribution in [0.5, 0.6) is 5.75 Å². The molecule has 1 fully saturated rings. The molecule has 2 aromatic carbocycles. The van der Waals surface area contributed by atoms with Gasteiger partial charge in [-0.05, 0) is 42.7 Å². The Labute approximate surface area is 161 Å². The molecule has 1 unspecified atom stereocenters. The van der Waals surface area contributed by atoms with Gasteiger partial charge in [-0.3, -0.25) is 4.79 Å². The number of carbonyl (C=O) groups excluding carboxylic acids is 1. The van der Waals surface area contributed by atoms with Gasteiger partial charge in [0.15, 0.2) is 6.61 Å². The van der Waals surface area contributed by atoms with E-state index in [4.69, 9.17) is 16.3 Å². The molecule has 1 aliphatic rings. The molecular formula is C19H20BrClN2O2. The summed E-state index contributed by atoms with van der Waals surface area (Å²) in [5.74, 6) is 0.852. The third-order valence-electron chi connectivity index (χ3n) is 4.24. The van der Waals surface area contributed by atoms with Crippen LogP contribution in [0.15, 0.2) is 53.0 Å². The maximum Gasteiger partial charge on any atom is 0.257 e. The molecule has 1 heterocycles. The Balaban J connectivity index is 1.42. The van der Waals surface area contributed by atoms with Crippen molar-refractivity contribution < 1.29 is 9.53 Å². The lowest BCUT2D eigenvalue weighted by atomic mass is 10.1. The highest BCUT2D eigenvalue weighted by molar-refractivity contribution is 9.10. The number of nitrogens with one attached hydrogen (secondary N) is 1. The van der Waals surface area contributed by atoms with E-state index in [9.17, 15) is 4.79 Å². The molecule has 2 aromatic rings. The Bertz CT molecular complexity index is 741. The highest BCUT2D eigenvalue weighted by Gasteiger charge is 2.23. The third kappa shape index (κ3) is 5.13. The fraction of sp³-hybridized carbons (Fsp3) is 0.316. The van der Waals surface area contributed by atoms with Crippen LogP contribution in [0.3, 0.4) is 0 Å². The summed E-state index contributed by atoms with van der Waals surface area (Å²) in [6.07, 6.45) is 1.07. The molecule has 0 aliphatic carbocycles. The predicted molar refractivity (Wildman–Crippen MR) is 104 cm³/mol. The van der Waals surface area contributed by atoms with Crippen LogP contribution < -0.4 is 15.0 Å². The van der Waals surface area contributed by atoms with Crippen LogP contribution in [0.2, 0.25) is 5.02 Å². The number of carbonyl (C=O) groups is 1. The van der Waals surface area contributed by atoms with Gasteiger partial charge in [0.05, 0.1) is 5.02 Å². The highest BCUT2D eigenvalue weighted by atomic mass is 79.9. The first-order valence-corrected chi connectivity index (χ1v) is 9.43. The largest absolute Gasteiger partial charge is 0.482 e. The van der Waals surface area contributed by atoms with Crippen LogP contribution in [0.25, 0.3) is 0 Å². The van der Waals surface area contributed by atoms with E-state index < -0.39 is 0 Å². The Morgan fingerprint density at radius 1 is 1.28 bits per heavy atom. The second kappa shape index (κ2) is 8.59. The number of ether oxygens (including phenoxy) is 1. The fourth-order valence-corrected chi connectivity index (χ4v) is 3.50. The van der Waals surface area contributed by atoms with Gasteiger partial charge in [0.2, 0.25) is 0 Å². The van der Waals surface area contributed by atoms with Crippen LogP contribution in [0, 0.1) is 5.92 Å². The Hall–Kier alpha value is -1.72. The van der Waals surface area contributed by atoms with Gasteiger partial charge in [0.25, 0.3) is 5.91 Å². The summed E-state index contributed by atoms with van der Waals surface area (Å²) >= 11 is 9.52. The topological polar surface area (TPSA) is 41.6 Å². The SMILES string of the molecule is O=C(COc1ccccc1Cl)NCC1CCN(c2cccc(Br)c2)C1. The van der Waals surface area contributed by atoms with Gasteiger partial charge >= 0.3 is 0 Å². The van der Waals surface area contributed by atoms with Crippen molar-refractivity contribution >= 4 is 39.1 Å².